The van der Waals surface area contributed by atoms with Gasteiger partial charge in [0.05, 0.1) is 30.7 Å². The van der Waals surface area contributed by atoms with E-state index in [9.17, 15) is 14.4 Å². The van der Waals surface area contributed by atoms with Crippen molar-refractivity contribution >= 4 is 46.3 Å². The molecule has 0 aliphatic rings. The molecule has 4 N–H and O–H groups in total. The van der Waals surface area contributed by atoms with E-state index >= 15 is 0 Å². The SMILES string of the molecule is CCCCCCOC(=O)NC(=N)c1ccc(NCCc2nc3ccc(C(=O)N(CCC(=O)OCC)c4ccccn4)cc3[nH]2)cc1. The van der Waals surface area contributed by atoms with Crippen molar-refractivity contribution in [3.05, 3.63) is 83.8 Å². The Hall–Kier alpha value is -5.26. The summed E-state index contributed by atoms with van der Waals surface area (Å²) in [5.74, 6) is 0.523. The van der Waals surface area contributed by atoms with Crippen LogP contribution in [0.25, 0.3) is 11.0 Å². The maximum absolute atomic E-state index is 13.5. The minimum atomic E-state index is -0.620. The Bertz CT molecular complexity index is 1610. The number of alkyl carbamates (subject to hydrolysis) is 1. The number of esters is 1. The summed E-state index contributed by atoms with van der Waals surface area (Å²) in [6.45, 7) is 5.21. The lowest BCUT2D eigenvalue weighted by atomic mass is 10.1. The molecule has 2 heterocycles. The molecular weight excluding hydrogens is 586 g/mol. The first kappa shape index (κ1) is 33.6. The summed E-state index contributed by atoms with van der Waals surface area (Å²) in [7, 11) is 0. The van der Waals surface area contributed by atoms with Gasteiger partial charge in [0, 0.05) is 42.5 Å². The zero-order chi connectivity index (χ0) is 32.7. The topological polar surface area (TPSA) is 162 Å². The monoisotopic (exact) mass is 627 g/mol. The van der Waals surface area contributed by atoms with E-state index in [0.717, 1.165) is 48.2 Å². The van der Waals surface area contributed by atoms with Crippen molar-refractivity contribution in [1.82, 2.24) is 20.3 Å². The van der Waals surface area contributed by atoms with Crippen LogP contribution in [0.1, 0.15) is 67.7 Å². The summed E-state index contributed by atoms with van der Waals surface area (Å²) in [4.78, 5) is 51.2. The fraction of sp³-hybridized carbons (Fsp3) is 0.353. The molecule has 2 amide bonds. The van der Waals surface area contributed by atoms with Crippen LogP contribution in [0.4, 0.5) is 16.3 Å². The first-order valence-electron chi connectivity index (χ1n) is 15.6. The number of amidine groups is 1. The van der Waals surface area contributed by atoms with E-state index in [4.69, 9.17) is 14.9 Å². The molecule has 0 atom stereocenters. The zero-order valence-electron chi connectivity index (χ0n) is 26.3. The Labute approximate surface area is 268 Å². The number of benzene rings is 2. The van der Waals surface area contributed by atoms with Gasteiger partial charge in [-0.3, -0.25) is 25.2 Å². The number of ether oxygens (including phenoxy) is 2. The minimum Gasteiger partial charge on any atom is -0.466 e. The molecule has 0 spiro atoms. The van der Waals surface area contributed by atoms with Gasteiger partial charge in [-0.15, -0.1) is 0 Å². The number of aromatic nitrogens is 3. The van der Waals surface area contributed by atoms with Crippen LogP contribution in [0.15, 0.2) is 66.9 Å². The molecule has 4 aromatic rings. The molecule has 2 aromatic carbocycles. The van der Waals surface area contributed by atoms with Gasteiger partial charge < -0.3 is 19.8 Å². The molecule has 0 saturated carbocycles. The van der Waals surface area contributed by atoms with Crippen molar-refractivity contribution in [2.45, 2.75) is 52.4 Å². The molecule has 0 bridgehead atoms. The smallest absolute Gasteiger partial charge is 0.412 e. The third kappa shape index (κ3) is 9.88. The average molecular weight is 628 g/mol. The predicted octanol–water partition coefficient (Wildman–Crippen LogP) is 5.84. The number of carbonyl (C=O) groups excluding carboxylic acids is 3. The van der Waals surface area contributed by atoms with Gasteiger partial charge >= 0.3 is 12.1 Å². The molecule has 0 radical (unpaired) electrons. The highest BCUT2D eigenvalue weighted by atomic mass is 16.5. The molecule has 12 nitrogen and oxygen atoms in total. The van der Waals surface area contributed by atoms with Crippen molar-refractivity contribution in [3.63, 3.8) is 0 Å². The molecule has 242 valence electrons. The standard InChI is InChI=1S/C34H41N7O5/c1-3-5-6-9-22-46-34(44)40-32(35)24-11-14-26(15-12-24)36-20-17-29-38-27-16-13-25(23-28(27)39-29)33(43)41(21-18-31(42)45-4-2)30-10-7-8-19-37-30/h7-8,10-16,19,23,36H,3-6,9,17-18,20-22H2,1-2H3,(H,38,39)(H2,35,40,44). The number of fused-ring (bicyclic) bond motifs is 1. The third-order valence-corrected chi connectivity index (χ3v) is 7.12. The summed E-state index contributed by atoms with van der Waals surface area (Å²) in [6, 6.07) is 17.7. The number of amides is 2. The number of pyridine rings is 1. The molecule has 2 aromatic heterocycles. The number of hydrogen-bond donors (Lipinski definition) is 4. The molecule has 0 aliphatic heterocycles. The van der Waals surface area contributed by atoms with Crippen LogP contribution in [0.2, 0.25) is 0 Å². The quantitative estimate of drug-likeness (QED) is 0.0521. The first-order chi connectivity index (χ1) is 22.4. The molecule has 46 heavy (non-hydrogen) atoms. The second kappa shape index (κ2) is 17.3. The number of hydrogen-bond acceptors (Lipinski definition) is 9. The number of aromatic amines is 1. The third-order valence-electron chi connectivity index (χ3n) is 7.12. The van der Waals surface area contributed by atoms with Gasteiger partial charge in [-0.25, -0.2) is 14.8 Å². The first-order valence-corrected chi connectivity index (χ1v) is 15.6. The highest BCUT2D eigenvalue weighted by Crippen LogP contribution is 2.19. The molecule has 12 heteroatoms. The van der Waals surface area contributed by atoms with Gasteiger partial charge in [-0.05, 0) is 67.9 Å². The maximum atomic E-state index is 13.5. The van der Waals surface area contributed by atoms with Gasteiger partial charge in [-0.1, -0.05) is 32.3 Å². The number of H-pyrrole nitrogens is 1. The van der Waals surface area contributed by atoms with Crippen LogP contribution in [-0.2, 0) is 20.7 Å². The van der Waals surface area contributed by atoms with Gasteiger partial charge in [0.2, 0.25) is 0 Å². The number of rotatable bonds is 16. The Kier molecular flexibility index (Phi) is 12.6. The van der Waals surface area contributed by atoms with Gasteiger partial charge in [0.1, 0.15) is 17.5 Å². The molecule has 0 fully saturated rings. The lowest BCUT2D eigenvalue weighted by Gasteiger charge is -2.21. The van der Waals surface area contributed by atoms with Gasteiger partial charge in [-0.2, -0.15) is 0 Å². The number of nitrogens with zero attached hydrogens (tertiary/aromatic N) is 3. The fourth-order valence-electron chi connectivity index (χ4n) is 4.72. The fourth-order valence-corrected chi connectivity index (χ4v) is 4.72. The molecule has 4 rings (SSSR count). The second-order valence-electron chi connectivity index (χ2n) is 10.6. The van der Waals surface area contributed by atoms with Crippen molar-refractivity contribution in [2.24, 2.45) is 0 Å². The van der Waals surface area contributed by atoms with Crippen LogP contribution in [0.3, 0.4) is 0 Å². The summed E-state index contributed by atoms with van der Waals surface area (Å²) in [5.41, 5.74) is 3.32. The highest BCUT2D eigenvalue weighted by molar-refractivity contribution is 6.07. The molecule has 0 unspecified atom stereocenters. The van der Waals surface area contributed by atoms with Gasteiger partial charge in [0.25, 0.3) is 5.91 Å². The zero-order valence-corrected chi connectivity index (χ0v) is 26.3. The minimum absolute atomic E-state index is 0.0209. The number of imidazole rings is 1. The Morgan fingerprint density at radius 1 is 0.957 bits per heavy atom. The van der Waals surface area contributed by atoms with Crippen molar-refractivity contribution < 1.29 is 23.9 Å². The maximum Gasteiger partial charge on any atom is 0.412 e. The average Bonchev–Trinajstić information content (AvgIpc) is 3.47. The molecule has 0 saturated heterocycles. The normalized spacial score (nSPS) is 10.7. The Balaban J connectivity index is 1.30. The van der Waals surface area contributed by atoms with Crippen LogP contribution in [0.5, 0.6) is 0 Å². The Morgan fingerprint density at radius 2 is 1.76 bits per heavy atom. The van der Waals surface area contributed by atoms with Crippen molar-refractivity contribution in [3.8, 4) is 0 Å². The molecular formula is C34H41N7O5. The van der Waals surface area contributed by atoms with E-state index in [2.05, 4.69) is 32.5 Å². The summed E-state index contributed by atoms with van der Waals surface area (Å²) < 4.78 is 10.2. The van der Waals surface area contributed by atoms with Crippen molar-refractivity contribution in [1.29, 1.82) is 5.41 Å². The van der Waals surface area contributed by atoms with Crippen molar-refractivity contribution in [2.75, 3.05) is 36.5 Å². The van der Waals surface area contributed by atoms with E-state index in [1.165, 1.54) is 4.90 Å². The number of anilines is 2. The Morgan fingerprint density at radius 3 is 2.50 bits per heavy atom. The number of carbonyl (C=O) groups is 3. The second-order valence-corrected chi connectivity index (χ2v) is 10.6. The van der Waals surface area contributed by atoms with Crippen LogP contribution in [-0.4, -0.2) is 65.1 Å². The highest BCUT2D eigenvalue weighted by Gasteiger charge is 2.21. The van der Waals surface area contributed by atoms with Crippen LogP contribution < -0.4 is 15.5 Å². The van der Waals surface area contributed by atoms with Gasteiger partial charge in [0.15, 0.2) is 0 Å². The number of unbranched alkanes of at least 4 members (excludes halogenated alkanes) is 3. The largest absolute Gasteiger partial charge is 0.466 e. The van der Waals surface area contributed by atoms with Crippen LogP contribution in [0, 0.1) is 5.41 Å². The number of nitrogens with one attached hydrogen (secondary N) is 4. The van der Waals surface area contributed by atoms with E-state index in [1.807, 2.05) is 12.1 Å². The predicted molar refractivity (Wildman–Crippen MR) is 177 cm³/mol. The molecule has 0 aliphatic carbocycles. The van der Waals surface area contributed by atoms with E-state index in [-0.39, 0.29) is 37.3 Å². The summed E-state index contributed by atoms with van der Waals surface area (Å²) in [6.07, 6.45) is 5.68. The van der Waals surface area contributed by atoms with E-state index in [1.54, 1.807) is 61.7 Å². The van der Waals surface area contributed by atoms with E-state index < -0.39 is 6.09 Å². The van der Waals surface area contributed by atoms with Crippen LogP contribution >= 0.6 is 0 Å². The summed E-state index contributed by atoms with van der Waals surface area (Å²) >= 11 is 0. The lowest BCUT2D eigenvalue weighted by Crippen LogP contribution is -2.34. The lowest BCUT2D eigenvalue weighted by molar-refractivity contribution is -0.142. The van der Waals surface area contributed by atoms with E-state index in [0.29, 0.717) is 36.5 Å². The summed E-state index contributed by atoms with van der Waals surface area (Å²) in [5, 5.41) is 14.0.